The average Bonchev–Trinajstić information content (AvgIpc) is 3.05. The Morgan fingerprint density at radius 2 is 1.61 bits per heavy atom. The standard InChI is InChI=1S/C23H17ClN2O2/c1-28-21-10-6-5-7-17(21)15-20-23(27)26(19-8-3-2-4-9-19)22(25-20)16-11-13-18(24)14-12-16/h2-15H,1H3/b20-15+. The molecular weight excluding hydrogens is 372 g/mol. The highest BCUT2D eigenvalue weighted by molar-refractivity contribution is 6.34. The van der Waals surface area contributed by atoms with Gasteiger partial charge in [-0.2, -0.15) is 0 Å². The van der Waals surface area contributed by atoms with Gasteiger partial charge in [0.1, 0.15) is 17.3 Å². The van der Waals surface area contributed by atoms with Crippen LogP contribution in [0.25, 0.3) is 6.08 Å². The zero-order valence-electron chi connectivity index (χ0n) is 15.2. The van der Waals surface area contributed by atoms with Gasteiger partial charge in [-0.05, 0) is 48.5 Å². The summed E-state index contributed by atoms with van der Waals surface area (Å²) in [6, 6.07) is 24.3. The molecule has 138 valence electrons. The van der Waals surface area contributed by atoms with Crippen LogP contribution in [-0.4, -0.2) is 18.9 Å². The predicted octanol–water partition coefficient (Wildman–Crippen LogP) is 5.18. The van der Waals surface area contributed by atoms with E-state index in [1.807, 2.05) is 66.7 Å². The van der Waals surface area contributed by atoms with Crippen molar-refractivity contribution in [2.45, 2.75) is 0 Å². The number of halogens is 1. The Bertz CT molecular complexity index is 1070. The van der Waals surface area contributed by atoms with Crippen LogP contribution in [0.15, 0.2) is 89.6 Å². The van der Waals surface area contributed by atoms with Gasteiger partial charge >= 0.3 is 0 Å². The number of ether oxygens (including phenoxy) is 1. The number of methoxy groups -OCH3 is 1. The van der Waals surface area contributed by atoms with E-state index in [-0.39, 0.29) is 5.91 Å². The summed E-state index contributed by atoms with van der Waals surface area (Å²) in [5.74, 6) is 1.06. The quantitative estimate of drug-likeness (QED) is 0.577. The number of para-hydroxylation sites is 2. The summed E-state index contributed by atoms with van der Waals surface area (Å²) in [5, 5.41) is 0.629. The molecule has 0 aromatic heterocycles. The molecule has 0 spiro atoms. The first-order chi connectivity index (χ1) is 13.7. The predicted molar refractivity (Wildman–Crippen MR) is 113 cm³/mol. The van der Waals surface area contributed by atoms with E-state index in [1.54, 1.807) is 30.2 Å². The second-order valence-corrected chi connectivity index (χ2v) is 6.63. The van der Waals surface area contributed by atoms with Crippen molar-refractivity contribution < 1.29 is 9.53 Å². The van der Waals surface area contributed by atoms with Crippen molar-refractivity contribution in [1.29, 1.82) is 0 Å². The molecule has 28 heavy (non-hydrogen) atoms. The summed E-state index contributed by atoms with van der Waals surface area (Å²) in [4.78, 5) is 19.5. The van der Waals surface area contributed by atoms with Crippen LogP contribution in [0.3, 0.4) is 0 Å². The monoisotopic (exact) mass is 388 g/mol. The van der Waals surface area contributed by atoms with E-state index in [4.69, 9.17) is 16.3 Å². The highest BCUT2D eigenvalue weighted by Gasteiger charge is 2.32. The third-order valence-corrected chi connectivity index (χ3v) is 4.66. The number of carbonyl (C=O) groups excluding carboxylic acids is 1. The number of anilines is 1. The summed E-state index contributed by atoms with van der Waals surface area (Å²) in [7, 11) is 1.60. The fraction of sp³-hybridized carbons (Fsp3) is 0.0435. The summed E-state index contributed by atoms with van der Waals surface area (Å²) in [5.41, 5.74) is 2.70. The van der Waals surface area contributed by atoms with Crippen LogP contribution in [0, 0.1) is 0 Å². The number of amidine groups is 1. The Morgan fingerprint density at radius 1 is 0.929 bits per heavy atom. The van der Waals surface area contributed by atoms with Crippen LogP contribution in [-0.2, 0) is 4.79 Å². The smallest absolute Gasteiger partial charge is 0.282 e. The molecule has 1 heterocycles. The fourth-order valence-electron chi connectivity index (χ4n) is 3.06. The fourth-order valence-corrected chi connectivity index (χ4v) is 3.18. The summed E-state index contributed by atoms with van der Waals surface area (Å²) in [6.07, 6.45) is 1.75. The van der Waals surface area contributed by atoms with E-state index < -0.39 is 0 Å². The van der Waals surface area contributed by atoms with Crippen LogP contribution in [0.5, 0.6) is 5.75 Å². The Kier molecular flexibility index (Phi) is 4.96. The van der Waals surface area contributed by atoms with Crippen molar-refractivity contribution in [2.24, 2.45) is 4.99 Å². The second-order valence-electron chi connectivity index (χ2n) is 6.19. The van der Waals surface area contributed by atoms with Gasteiger partial charge < -0.3 is 4.74 Å². The van der Waals surface area contributed by atoms with E-state index >= 15 is 0 Å². The summed E-state index contributed by atoms with van der Waals surface area (Å²) in [6.45, 7) is 0. The molecule has 0 N–H and O–H groups in total. The van der Waals surface area contributed by atoms with Crippen molar-refractivity contribution in [3.8, 4) is 5.75 Å². The van der Waals surface area contributed by atoms with Crippen LogP contribution >= 0.6 is 11.6 Å². The number of aliphatic imine (C=N–C) groups is 1. The first kappa shape index (κ1) is 18.0. The summed E-state index contributed by atoms with van der Waals surface area (Å²) >= 11 is 6.02. The first-order valence-electron chi connectivity index (χ1n) is 8.76. The minimum atomic E-state index is -0.193. The lowest BCUT2D eigenvalue weighted by atomic mass is 10.1. The average molecular weight is 389 g/mol. The lowest BCUT2D eigenvalue weighted by molar-refractivity contribution is -0.113. The molecule has 0 saturated heterocycles. The molecule has 4 nitrogen and oxygen atoms in total. The van der Waals surface area contributed by atoms with Gasteiger partial charge in [0.25, 0.3) is 5.91 Å². The van der Waals surface area contributed by atoms with E-state index in [1.165, 1.54) is 0 Å². The maximum absolute atomic E-state index is 13.2. The SMILES string of the molecule is COc1ccccc1/C=C1/N=C(c2ccc(Cl)cc2)N(c2ccccc2)C1=O. The Labute approximate surface area is 168 Å². The van der Waals surface area contributed by atoms with Gasteiger partial charge in [-0.1, -0.05) is 48.0 Å². The summed E-state index contributed by atoms with van der Waals surface area (Å²) < 4.78 is 5.39. The van der Waals surface area contributed by atoms with Crippen LogP contribution in [0.2, 0.25) is 5.02 Å². The minimum Gasteiger partial charge on any atom is -0.496 e. The Balaban J connectivity index is 1.84. The molecule has 3 aromatic carbocycles. The third kappa shape index (κ3) is 3.42. The zero-order valence-corrected chi connectivity index (χ0v) is 15.9. The second kappa shape index (κ2) is 7.71. The number of rotatable bonds is 4. The molecule has 0 saturated carbocycles. The lowest BCUT2D eigenvalue weighted by Crippen LogP contribution is -2.32. The largest absolute Gasteiger partial charge is 0.496 e. The van der Waals surface area contributed by atoms with Crippen molar-refractivity contribution in [1.82, 2.24) is 0 Å². The highest BCUT2D eigenvalue weighted by Crippen LogP contribution is 2.29. The molecule has 0 aliphatic carbocycles. The first-order valence-corrected chi connectivity index (χ1v) is 9.14. The van der Waals surface area contributed by atoms with Crippen molar-refractivity contribution in [3.05, 3.63) is 101 Å². The number of hydrogen-bond donors (Lipinski definition) is 0. The van der Waals surface area contributed by atoms with Crippen LogP contribution in [0.4, 0.5) is 5.69 Å². The number of amides is 1. The van der Waals surface area contributed by atoms with Crippen LogP contribution < -0.4 is 9.64 Å². The van der Waals surface area contributed by atoms with Gasteiger partial charge in [-0.15, -0.1) is 0 Å². The molecular formula is C23H17ClN2O2. The van der Waals surface area contributed by atoms with Gasteiger partial charge in [0.15, 0.2) is 0 Å². The van der Waals surface area contributed by atoms with E-state index in [2.05, 4.69) is 4.99 Å². The normalized spacial score (nSPS) is 15.1. The molecule has 1 aliphatic rings. The maximum Gasteiger partial charge on any atom is 0.282 e. The Hall–Kier alpha value is -3.37. The third-order valence-electron chi connectivity index (χ3n) is 4.41. The maximum atomic E-state index is 13.2. The zero-order chi connectivity index (χ0) is 19.5. The van der Waals surface area contributed by atoms with Gasteiger partial charge in [0.05, 0.1) is 12.8 Å². The van der Waals surface area contributed by atoms with Crippen molar-refractivity contribution in [2.75, 3.05) is 12.0 Å². The van der Waals surface area contributed by atoms with Crippen molar-refractivity contribution >= 4 is 35.1 Å². The number of carbonyl (C=O) groups is 1. The number of nitrogens with zero attached hydrogens (tertiary/aromatic N) is 2. The van der Waals surface area contributed by atoms with Crippen molar-refractivity contribution in [3.63, 3.8) is 0 Å². The van der Waals surface area contributed by atoms with Gasteiger partial charge in [0.2, 0.25) is 0 Å². The molecule has 1 amide bonds. The Morgan fingerprint density at radius 3 is 2.32 bits per heavy atom. The lowest BCUT2D eigenvalue weighted by Gasteiger charge is -2.18. The van der Waals surface area contributed by atoms with E-state index in [0.717, 1.165) is 16.8 Å². The molecule has 3 aromatic rings. The number of hydrogen-bond acceptors (Lipinski definition) is 3. The van der Waals surface area contributed by atoms with Gasteiger partial charge in [-0.3, -0.25) is 9.69 Å². The van der Waals surface area contributed by atoms with Gasteiger partial charge in [0, 0.05) is 16.1 Å². The molecule has 4 rings (SSSR count). The molecule has 0 bridgehead atoms. The highest BCUT2D eigenvalue weighted by atomic mass is 35.5. The van der Waals surface area contributed by atoms with Gasteiger partial charge in [-0.25, -0.2) is 4.99 Å². The molecule has 0 unspecified atom stereocenters. The molecule has 0 radical (unpaired) electrons. The molecule has 0 fully saturated rings. The molecule has 1 aliphatic heterocycles. The van der Waals surface area contributed by atoms with E-state index in [0.29, 0.717) is 22.3 Å². The van der Waals surface area contributed by atoms with Crippen LogP contribution in [0.1, 0.15) is 11.1 Å². The topological polar surface area (TPSA) is 41.9 Å². The number of benzene rings is 3. The molecule has 5 heteroatoms. The minimum absolute atomic E-state index is 0.193. The molecule has 0 atom stereocenters. The van der Waals surface area contributed by atoms with E-state index in [9.17, 15) is 4.79 Å².